The fourth-order valence-corrected chi connectivity index (χ4v) is 5.58. The molecule has 2 aliphatic rings. The Morgan fingerprint density at radius 2 is 2.14 bits per heavy atom. The lowest BCUT2D eigenvalue weighted by atomic mass is 9.91. The zero-order valence-electron chi connectivity index (χ0n) is 20.4. The lowest BCUT2D eigenvalue weighted by Gasteiger charge is -2.26. The van der Waals surface area contributed by atoms with Crippen LogP contribution >= 0.6 is 11.6 Å². The molecule has 5 rings (SSSR count). The summed E-state index contributed by atoms with van der Waals surface area (Å²) < 4.78 is 7.32. The second-order valence-electron chi connectivity index (χ2n) is 9.43. The maximum Gasteiger partial charge on any atom is 0.272 e. The summed E-state index contributed by atoms with van der Waals surface area (Å²) >= 11 is 6.34. The molecule has 3 atom stereocenters. The van der Waals surface area contributed by atoms with Crippen molar-refractivity contribution in [3.63, 3.8) is 0 Å². The highest BCUT2D eigenvalue weighted by atomic mass is 35.5. The first-order chi connectivity index (χ1) is 17.0. The number of anilines is 1. The number of halogens is 1. The van der Waals surface area contributed by atoms with Gasteiger partial charge in [-0.25, -0.2) is 4.98 Å². The van der Waals surface area contributed by atoms with Crippen molar-refractivity contribution in [1.82, 2.24) is 30.4 Å². The van der Waals surface area contributed by atoms with Crippen molar-refractivity contribution in [2.24, 2.45) is 5.92 Å². The highest BCUT2D eigenvalue weighted by Crippen LogP contribution is 2.28. The minimum Gasteiger partial charge on any atom is -0.384 e. The van der Waals surface area contributed by atoms with E-state index in [2.05, 4.69) is 37.9 Å². The van der Waals surface area contributed by atoms with E-state index in [0.717, 1.165) is 62.4 Å². The van der Waals surface area contributed by atoms with Crippen molar-refractivity contribution in [1.29, 1.82) is 0 Å². The Morgan fingerprint density at radius 1 is 1.29 bits per heavy atom. The van der Waals surface area contributed by atoms with E-state index in [4.69, 9.17) is 21.3 Å². The first-order valence-electron chi connectivity index (χ1n) is 12.2. The molecule has 0 radical (unpaired) electrons. The molecule has 9 nitrogen and oxygen atoms in total. The van der Waals surface area contributed by atoms with Gasteiger partial charge in [0.25, 0.3) is 5.91 Å². The number of rotatable bonds is 7. The molecular formula is C25H32ClN7O2. The number of amides is 1. The lowest BCUT2D eigenvalue weighted by molar-refractivity contribution is 0.0927. The van der Waals surface area contributed by atoms with Gasteiger partial charge < -0.3 is 24.8 Å². The van der Waals surface area contributed by atoms with E-state index in [9.17, 15) is 4.79 Å². The number of hydrogen-bond donors (Lipinski definition) is 2. The summed E-state index contributed by atoms with van der Waals surface area (Å²) in [6.07, 6.45) is 4.24. The number of aromatic nitrogens is 4. The molecule has 1 aliphatic carbocycles. The number of carbonyl (C=O) groups is 1. The number of pyridine rings is 1. The van der Waals surface area contributed by atoms with Crippen LogP contribution in [-0.4, -0.2) is 71.6 Å². The number of methoxy groups -OCH3 is 1. The van der Waals surface area contributed by atoms with E-state index in [1.54, 1.807) is 13.2 Å². The van der Waals surface area contributed by atoms with Gasteiger partial charge in [-0.1, -0.05) is 17.7 Å². The van der Waals surface area contributed by atoms with Crippen LogP contribution in [0.4, 0.5) is 5.82 Å². The predicted molar refractivity (Wildman–Crippen MR) is 136 cm³/mol. The van der Waals surface area contributed by atoms with Crippen LogP contribution in [0.2, 0.25) is 5.02 Å². The van der Waals surface area contributed by atoms with Crippen LogP contribution in [-0.2, 0) is 24.1 Å². The zero-order chi connectivity index (χ0) is 24.5. The smallest absolute Gasteiger partial charge is 0.272 e. The Labute approximate surface area is 210 Å². The van der Waals surface area contributed by atoms with Gasteiger partial charge in [-0.15, -0.1) is 10.2 Å². The van der Waals surface area contributed by atoms with Crippen LogP contribution < -0.4 is 15.5 Å². The van der Waals surface area contributed by atoms with Gasteiger partial charge in [0.05, 0.1) is 11.6 Å². The maximum atomic E-state index is 12.9. The molecule has 4 heterocycles. The van der Waals surface area contributed by atoms with Crippen LogP contribution in [0, 0.1) is 5.92 Å². The van der Waals surface area contributed by atoms with E-state index in [1.807, 2.05) is 24.7 Å². The van der Waals surface area contributed by atoms with E-state index >= 15 is 0 Å². The summed E-state index contributed by atoms with van der Waals surface area (Å²) in [5.74, 6) is 1.24. The van der Waals surface area contributed by atoms with Crippen molar-refractivity contribution >= 4 is 34.4 Å². The van der Waals surface area contributed by atoms with Crippen LogP contribution in [0.15, 0.2) is 24.4 Å². The highest BCUT2D eigenvalue weighted by Gasteiger charge is 2.33. The van der Waals surface area contributed by atoms with Crippen molar-refractivity contribution in [2.45, 2.75) is 44.8 Å². The summed E-state index contributed by atoms with van der Waals surface area (Å²) in [5, 5.41) is 16.3. The van der Waals surface area contributed by atoms with Crippen LogP contribution in [0.5, 0.6) is 0 Å². The summed E-state index contributed by atoms with van der Waals surface area (Å²) in [5.41, 5.74) is 3.28. The molecule has 1 fully saturated rings. The Kier molecular flexibility index (Phi) is 6.91. The number of likely N-dealkylation sites (N-methyl/N-ethyl adjacent to an activating group) is 1. The first kappa shape index (κ1) is 24.0. The largest absolute Gasteiger partial charge is 0.384 e. The summed E-state index contributed by atoms with van der Waals surface area (Å²) in [6.45, 7) is 5.34. The second-order valence-corrected chi connectivity index (χ2v) is 9.84. The number of aryl methyl sites for hydroxylation is 2. The van der Waals surface area contributed by atoms with Gasteiger partial charge in [-0.3, -0.25) is 4.79 Å². The van der Waals surface area contributed by atoms with E-state index < -0.39 is 0 Å². The highest BCUT2D eigenvalue weighted by molar-refractivity contribution is 6.35. The summed E-state index contributed by atoms with van der Waals surface area (Å²) in [4.78, 5) is 20.3. The molecule has 0 bridgehead atoms. The predicted octanol–water partition coefficient (Wildman–Crippen LogP) is 2.46. The summed E-state index contributed by atoms with van der Waals surface area (Å²) in [6, 6.07) is 6.41. The molecule has 0 aromatic carbocycles. The number of fused-ring (bicyclic) bond motifs is 2. The van der Waals surface area contributed by atoms with E-state index in [1.165, 1.54) is 5.56 Å². The molecule has 3 aromatic heterocycles. The van der Waals surface area contributed by atoms with Gasteiger partial charge in [0.15, 0.2) is 11.3 Å². The molecule has 0 saturated carbocycles. The minimum absolute atomic E-state index is 0.0300. The van der Waals surface area contributed by atoms with Crippen molar-refractivity contribution in [3.8, 4) is 0 Å². The van der Waals surface area contributed by atoms with E-state index in [0.29, 0.717) is 22.6 Å². The van der Waals surface area contributed by atoms with Crippen LogP contribution in [0.3, 0.4) is 0 Å². The molecule has 3 aromatic rings. The maximum absolute atomic E-state index is 12.9. The Balaban J connectivity index is 1.25. The third kappa shape index (κ3) is 4.72. The Morgan fingerprint density at radius 3 is 2.91 bits per heavy atom. The zero-order valence-corrected chi connectivity index (χ0v) is 21.2. The van der Waals surface area contributed by atoms with Gasteiger partial charge in [-0.2, -0.15) is 0 Å². The van der Waals surface area contributed by atoms with Gasteiger partial charge in [0.1, 0.15) is 5.82 Å². The van der Waals surface area contributed by atoms with Gasteiger partial charge in [0.2, 0.25) is 0 Å². The Hall–Kier alpha value is -2.75. The third-order valence-electron chi connectivity index (χ3n) is 7.25. The lowest BCUT2D eigenvalue weighted by Crippen LogP contribution is -2.39. The van der Waals surface area contributed by atoms with Crippen molar-refractivity contribution < 1.29 is 9.53 Å². The normalized spacial score (nSPS) is 21.9. The molecule has 1 amide bonds. The molecule has 1 saturated heterocycles. The number of nitrogens with zero attached hydrogens (tertiary/aromatic N) is 5. The molecule has 3 unspecified atom stereocenters. The standard InChI is InChI=1S/C25H32ClN7O2/c1-4-32-12-19(26)18-10-21(30-31-24(18)32)25(34)28-17-6-7-20-15(9-17)5-8-23(29-20)33-11-16(14-35-3)22(13-33)27-2/h5,8,10,12,16-17,22,27H,4,6-7,9,11,13-14H2,1-3H3,(H,28,34). The molecule has 0 spiro atoms. The molecular weight excluding hydrogens is 466 g/mol. The molecule has 10 heteroatoms. The fourth-order valence-electron chi connectivity index (χ4n) is 5.32. The first-order valence-corrected chi connectivity index (χ1v) is 12.6. The minimum atomic E-state index is -0.225. The number of nitrogens with one attached hydrogen (secondary N) is 2. The monoisotopic (exact) mass is 497 g/mol. The van der Waals surface area contributed by atoms with Crippen molar-refractivity contribution in [2.75, 3.05) is 38.8 Å². The molecule has 186 valence electrons. The number of hydrogen-bond acceptors (Lipinski definition) is 7. The number of carbonyl (C=O) groups excluding carboxylic acids is 1. The third-order valence-corrected chi connectivity index (χ3v) is 7.55. The SMILES string of the molecule is CCn1cc(Cl)c2cc(C(=O)NC3CCc4nc(N5CC(COC)C(NC)C5)ccc4C3)nnc21. The number of ether oxygens (including phenoxy) is 1. The average Bonchev–Trinajstić information content (AvgIpc) is 3.44. The van der Waals surface area contributed by atoms with Gasteiger partial charge in [0, 0.05) is 62.0 Å². The second kappa shape index (κ2) is 10.1. The summed E-state index contributed by atoms with van der Waals surface area (Å²) in [7, 11) is 3.76. The van der Waals surface area contributed by atoms with Crippen molar-refractivity contribution in [3.05, 3.63) is 46.4 Å². The van der Waals surface area contributed by atoms with Crippen LogP contribution in [0.1, 0.15) is 35.1 Å². The van der Waals surface area contributed by atoms with Gasteiger partial charge >= 0.3 is 0 Å². The molecule has 1 aliphatic heterocycles. The van der Waals surface area contributed by atoms with Gasteiger partial charge in [-0.05, 0) is 50.9 Å². The fraction of sp³-hybridized carbons (Fsp3) is 0.520. The Bertz CT molecular complexity index is 1230. The topological polar surface area (TPSA) is 97.2 Å². The quantitative estimate of drug-likeness (QED) is 0.517. The molecule has 35 heavy (non-hydrogen) atoms. The average molecular weight is 498 g/mol. The molecule has 2 N–H and O–H groups in total. The van der Waals surface area contributed by atoms with E-state index in [-0.39, 0.29) is 17.6 Å². The van der Waals surface area contributed by atoms with Crippen LogP contribution in [0.25, 0.3) is 11.0 Å².